The van der Waals surface area contributed by atoms with Crippen LogP contribution in [0.15, 0.2) is 16.5 Å². The van der Waals surface area contributed by atoms with E-state index in [9.17, 15) is 28.5 Å². The van der Waals surface area contributed by atoms with Crippen molar-refractivity contribution >= 4 is 22.7 Å². The van der Waals surface area contributed by atoms with E-state index in [1.54, 1.807) is 26.0 Å². The van der Waals surface area contributed by atoms with Gasteiger partial charge in [0.2, 0.25) is 5.95 Å². The molecule has 0 saturated heterocycles. The van der Waals surface area contributed by atoms with Crippen LogP contribution in [-0.2, 0) is 0 Å². The zero-order valence-corrected chi connectivity index (χ0v) is 20.8. The predicted molar refractivity (Wildman–Crippen MR) is 129 cm³/mol. The molecule has 5 N–H and O–H groups in total. The Morgan fingerprint density at radius 2 is 1.95 bits per heavy atom. The number of aryl methyl sites for hydroxylation is 2. The van der Waals surface area contributed by atoms with Gasteiger partial charge >= 0.3 is 6.18 Å². The fourth-order valence-corrected chi connectivity index (χ4v) is 4.42. The molecule has 3 aromatic heterocycles. The van der Waals surface area contributed by atoms with Gasteiger partial charge in [0.05, 0.1) is 17.4 Å². The molecule has 1 saturated carbocycles. The van der Waals surface area contributed by atoms with Crippen LogP contribution in [-0.4, -0.2) is 67.5 Å². The number of nitrogens with one attached hydrogen (secondary N) is 2. The first-order chi connectivity index (χ1) is 17.3. The largest absolute Gasteiger partial charge is 0.472 e. The lowest BCUT2D eigenvalue weighted by molar-refractivity contribution is -0.115. The number of rotatable bonds is 8. The van der Waals surface area contributed by atoms with Crippen molar-refractivity contribution in [2.45, 2.75) is 64.6 Å². The van der Waals surface area contributed by atoms with Gasteiger partial charge in [0.15, 0.2) is 11.3 Å². The number of nitrogens with zero attached hydrogens (tertiary/aromatic N) is 3. The Morgan fingerprint density at radius 1 is 1.22 bits per heavy atom. The molecule has 3 heterocycles. The number of alkyl halides is 3. The highest BCUT2D eigenvalue weighted by Gasteiger charge is 2.47. The first kappa shape index (κ1) is 26.9. The molecular weight excluding hydrogens is 495 g/mol. The van der Waals surface area contributed by atoms with Gasteiger partial charge in [0.1, 0.15) is 24.2 Å². The SMILES string of the molecule is Cc1cc2cc(-c3c(C)nc(NCC(F)(F)F)nc3NC3(O)CCC(CO)C3O)oc2c(OC(C)C)n1. The molecule has 0 bridgehead atoms. The molecule has 3 atom stereocenters. The zero-order valence-electron chi connectivity index (χ0n) is 20.8. The second-order valence-electron chi connectivity index (χ2n) is 9.56. The molecule has 1 aliphatic carbocycles. The Hall–Kier alpha value is -3.16. The second-order valence-corrected chi connectivity index (χ2v) is 9.56. The number of halogens is 3. The summed E-state index contributed by atoms with van der Waals surface area (Å²) in [6.07, 6.45) is -5.63. The minimum atomic E-state index is -4.51. The summed E-state index contributed by atoms with van der Waals surface area (Å²) in [5, 5.41) is 36.9. The molecule has 10 nitrogen and oxygen atoms in total. The van der Waals surface area contributed by atoms with Gasteiger partial charge in [-0.2, -0.15) is 18.2 Å². The number of ether oxygens (including phenoxy) is 1. The first-order valence-corrected chi connectivity index (χ1v) is 11.9. The van der Waals surface area contributed by atoms with Crippen molar-refractivity contribution in [3.05, 3.63) is 23.5 Å². The second kappa shape index (κ2) is 9.95. The summed E-state index contributed by atoms with van der Waals surface area (Å²) in [6.45, 7) is 5.36. The van der Waals surface area contributed by atoms with E-state index in [1.165, 1.54) is 0 Å². The summed E-state index contributed by atoms with van der Waals surface area (Å²) in [5.41, 5.74) is -0.312. The van der Waals surface area contributed by atoms with E-state index in [4.69, 9.17) is 9.15 Å². The van der Waals surface area contributed by atoms with E-state index < -0.39 is 30.5 Å². The van der Waals surface area contributed by atoms with Crippen LogP contribution in [0.25, 0.3) is 22.3 Å². The minimum absolute atomic E-state index is 0.0487. The van der Waals surface area contributed by atoms with Crippen molar-refractivity contribution in [3.8, 4) is 17.2 Å². The van der Waals surface area contributed by atoms with Gasteiger partial charge in [-0.15, -0.1) is 0 Å². The van der Waals surface area contributed by atoms with Gasteiger partial charge in [-0.1, -0.05) is 0 Å². The smallest absolute Gasteiger partial charge is 0.405 e. The Bertz CT molecular complexity index is 1280. The first-order valence-electron chi connectivity index (χ1n) is 11.9. The third-order valence-corrected chi connectivity index (χ3v) is 6.13. The molecule has 0 amide bonds. The van der Waals surface area contributed by atoms with Gasteiger partial charge in [-0.05, 0) is 52.7 Å². The number of hydrogen-bond acceptors (Lipinski definition) is 10. The molecule has 37 heavy (non-hydrogen) atoms. The number of furan rings is 1. The quantitative estimate of drug-likeness (QED) is 0.277. The number of aliphatic hydroxyl groups excluding tert-OH is 2. The molecule has 1 aliphatic rings. The Kier molecular flexibility index (Phi) is 7.23. The zero-order chi connectivity index (χ0) is 27.1. The van der Waals surface area contributed by atoms with Crippen molar-refractivity contribution in [1.29, 1.82) is 0 Å². The Balaban J connectivity index is 1.83. The van der Waals surface area contributed by atoms with Crippen molar-refractivity contribution in [3.63, 3.8) is 0 Å². The average Bonchev–Trinajstić information content (AvgIpc) is 3.32. The molecule has 0 aromatic carbocycles. The molecule has 0 aliphatic heterocycles. The van der Waals surface area contributed by atoms with Gasteiger partial charge in [0.25, 0.3) is 5.88 Å². The van der Waals surface area contributed by atoms with Crippen LogP contribution in [0, 0.1) is 19.8 Å². The van der Waals surface area contributed by atoms with Gasteiger partial charge in [-0.25, -0.2) is 9.97 Å². The van der Waals surface area contributed by atoms with Crippen molar-refractivity contribution in [2.24, 2.45) is 5.92 Å². The molecule has 0 spiro atoms. The molecule has 4 rings (SSSR count). The summed E-state index contributed by atoms with van der Waals surface area (Å²) < 4.78 is 50.4. The summed E-state index contributed by atoms with van der Waals surface area (Å²) in [4.78, 5) is 12.8. The maximum absolute atomic E-state index is 12.8. The van der Waals surface area contributed by atoms with E-state index in [0.717, 1.165) is 0 Å². The van der Waals surface area contributed by atoms with Crippen LogP contribution in [0.4, 0.5) is 24.9 Å². The molecule has 13 heteroatoms. The third-order valence-electron chi connectivity index (χ3n) is 6.13. The summed E-state index contributed by atoms with van der Waals surface area (Å²) in [5.74, 6) is -0.417. The molecular formula is C24H30F3N5O5. The van der Waals surface area contributed by atoms with Crippen molar-refractivity contribution in [2.75, 3.05) is 23.8 Å². The molecule has 1 fully saturated rings. The monoisotopic (exact) mass is 525 g/mol. The number of pyridine rings is 1. The van der Waals surface area contributed by atoms with E-state index in [-0.39, 0.29) is 53.8 Å². The topological polar surface area (TPSA) is 146 Å². The summed E-state index contributed by atoms with van der Waals surface area (Å²) >= 11 is 0. The van der Waals surface area contributed by atoms with Gasteiger partial charge < -0.3 is 35.1 Å². The van der Waals surface area contributed by atoms with Crippen LogP contribution in [0.5, 0.6) is 5.88 Å². The fraction of sp³-hybridized carbons (Fsp3) is 0.542. The maximum Gasteiger partial charge on any atom is 0.405 e. The van der Waals surface area contributed by atoms with Crippen LogP contribution in [0.1, 0.15) is 38.1 Å². The number of hydrogen-bond donors (Lipinski definition) is 5. The lowest BCUT2D eigenvalue weighted by Crippen LogP contribution is -2.48. The number of anilines is 2. The van der Waals surface area contributed by atoms with E-state index >= 15 is 0 Å². The normalized spacial score (nSPS) is 22.1. The molecule has 202 valence electrons. The summed E-state index contributed by atoms with van der Waals surface area (Å²) in [6, 6.07) is 3.49. The predicted octanol–water partition coefficient (Wildman–Crippen LogP) is 3.53. The third kappa shape index (κ3) is 5.73. The highest BCUT2D eigenvalue weighted by atomic mass is 19.4. The highest BCUT2D eigenvalue weighted by Crippen LogP contribution is 2.41. The Morgan fingerprint density at radius 3 is 2.57 bits per heavy atom. The maximum atomic E-state index is 12.8. The standard InChI is InChI=1S/C24H30F3N5O5/c1-11(2)36-21-18-15(7-12(3)29-21)8-16(37-18)17-13(4)30-22(28-10-24(25,26)27)31-20(17)32-23(35)6-5-14(9-33)19(23)34/h7-8,11,14,19,33-35H,5-6,9-10H2,1-4H3,(H2,28,30,31,32). The summed E-state index contributed by atoms with van der Waals surface area (Å²) in [7, 11) is 0. The number of aliphatic hydroxyl groups is 3. The van der Waals surface area contributed by atoms with Crippen LogP contribution in [0.2, 0.25) is 0 Å². The van der Waals surface area contributed by atoms with E-state index in [0.29, 0.717) is 23.1 Å². The fourth-order valence-electron chi connectivity index (χ4n) is 4.42. The van der Waals surface area contributed by atoms with Gasteiger partial charge in [-0.3, -0.25) is 0 Å². The van der Waals surface area contributed by atoms with Crippen molar-refractivity contribution < 1.29 is 37.6 Å². The minimum Gasteiger partial charge on any atom is -0.472 e. The average molecular weight is 526 g/mol. The van der Waals surface area contributed by atoms with Crippen LogP contribution >= 0.6 is 0 Å². The number of aromatic nitrogens is 3. The molecule has 0 radical (unpaired) electrons. The highest BCUT2D eigenvalue weighted by molar-refractivity contribution is 5.89. The van der Waals surface area contributed by atoms with E-state index in [1.807, 2.05) is 13.8 Å². The molecule has 3 aromatic rings. The Labute approximate surface area is 210 Å². The van der Waals surface area contributed by atoms with Gasteiger partial charge in [0, 0.05) is 23.6 Å². The lowest BCUT2D eigenvalue weighted by Gasteiger charge is -2.31. The van der Waals surface area contributed by atoms with Crippen LogP contribution in [0.3, 0.4) is 0 Å². The lowest BCUT2D eigenvalue weighted by atomic mass is 10.0. The molecule has 3 unspecified atom stereocenters. The number of fused-ring (bicyclic) bond motifs is 1. The van der Waals surface area contributed by atoms with Crippen molar-refractivity contribution in [1.82, 2.24) is 15.0 Å². The van der Waals surface area contributed by atoms with E-state index in [2.05, 4.69) is 25.6 Å². The van der Waals surface area contributed by atoms with Crippen LogP contribution < -0.4 is 15.4 Å².